The van der Waals surface area contributed by atoms with Crippen molar-refractivity contribution in [2.75, 3.05) is 26.2 Å². The smallest absolute Gasteiger partial charge is 0.253 e. The molecule has 1 heterocycles. The van der Waals surface area contributed by atoms with E-state index < -0.39 is 11.9 Å². The van der Waals surface area contributed by atoms with Gasteiger partial charge in [0.15, 0.2) is 0 Å². The average molecular weight is 403 g/mol. The van der Waals surface area contributed by atoms with Gasteiger partial charge in [-0.3, -0.25) is 9.59 Å². The van der Waals surface area contributed by atoms with Crippen molar-refractivity contribution in [3.05, 3.63) is 58.9 Å². The van der Waals surface area contributed by atoms with Crippen LogP contribution in [0.1, 0.15) is 16.8 Å². The highest BCUT2D eigenvalue weighted by Gasteiger charge is 2.44. The van der Waals surface area contributed by atoms with Crippen LogP contribution in [0.5, 0.6) is 0 Å². The molecule has 0 bridgehead atoms. The lowest BCUT2D eigenvalue weighted by Gasteiger charge is -2.35. The lowest BCUT2D eigenvalue weighted by atomic mass is 10.0. The minimum absolute atomic E-state index is 0.0147. The number of aliphatic hydroxyl groups excluding tert-OH is 1. The predicted molar refractivity (Wildman–Crippen MR) is 103 cm³/mol. The van der Waals surface area contributed by atoms with Crippen molar-refractivity contribution in [2.24, 2.45) is 5.92 Å². The second-order valence-corrected chi connectivity index (χ2v) is 7.64. The van der Waals surface area contributed by atoms with Crippen LogP contribution < -0.4 is 0 Å². The monoisotopic (exact) mass is 402 g/mol. The van der Waals surface area contributed by atoms with Gasteiger partial charge in [-0.15, -0.1) is 0 Å². The summed E-state index contributed by atoms with van der Waals surface area (Å²) in [5.41, 5.74) is 2.04. The fourth-order valence-electron chi connectivity index (χ4n) is 3.47. The number of halogens is 2. The van der Waals surface area contributed by atoms with Crippen LogP contribution in [0.25, 0.3) is 11.1 Å². The Labute approximate surface area is 167 Å². The molecular weight excluding hydrogens is 383 g/mol. The minimum Gasteiger partial charge on any atom is -0.392 e. The molecule has 1 saturated carbocycles. The third kappa shape index (κ3) is 3.75. The predicted octanol–water partition coefficient (Wildman–Crippen LogP) is 2.81. The molecule has 5 nitrogen and oxygen atoms in total. The first kappa shape index (κ1) is 18.9. The lowest BCUT2D eigenvalue weighted by Crippen LogP contribution is -2.51. The van der Waals surface area contributed by atoms with Gasteiger partial charge in [0, 0.05) is 31.7 Å². The number of benzene rings is 2. The molecule has 1 saturated heterocycles. The van der Waals surface area contributed by atoms with Gasteiger partial charge in [-0.2, -0.15) is 0 Å². The van der Waals surface area contributed by atoms with Gasteiger partial charge in [-0.1, -0.05) is 29.8 Å². The average Bonchev–Trinajstić information content (AvgIpc) is 3.46. The molecule has 1 aliphatic carbocycles. The quantitative estimate of drug-likeness (QED) is 0.858. The van der Waals surface area contributed by atoms with E-state index in [2.05, 4.69) is 0 Å². The zero-order chi connectivity index (χ0) is 19.8. The summed E-state index contributed by atoms with van der Waals surface area (Å²) in [5, 5.41) is 9.48. The van der Waals surface area contributed by atoms with Crippen LogP contribution in [0.2, 0.25) is 5.02 Å². The number of hydrogen-bond acceptors (Lipinski definition) is 3. The first-order valence-corrected chi connectivity index (χ1v) is 9.63. The Balaban J connectivity index is 1.38. The molecule has 2 aliphatic rings. The highest BCUT2D eigenvalue weighted by molar-refractivity contribution is 6.30. The van der Waals surface area contributed by atoms with E-state index in [4.69, 9.17) is 11.6 Å². The topological polar surface area (TPSA) is 60.9 Å². The van der Waals surface area contributed by atoms with Gasteiger partial charge >= 0.3 is 0 Å². The van der Waals surface area contributed by atoms with Crippen LogP contribution in [-0.2, 0) is 4.79 Å². The Morgan fingerprint density at radius 3 is 2.11 bits per heavy atom. The van der Waals surface area contributed by atoms with Gasteiger partial charge in [0.05, 0.1) is 17.0 Å². The molecule has 7 heteroatoms. The van der Waals surface area contributed by atoms with E-state index in [1.165, 1.54) is 12.1 Å². The third-order valence-electron chi connectivity index (χ3n) is 5.34. The van der Waals surface area contributed by atoms with Gasteiger partial charge < -0.3 is 14.9 Å². The van der Waals surface area contributed by atoms with Crippen LogP contribution in [-0.4, -0.2) is 59.0 Å². The molecule has 1 aliphatic heterocycles. The summed E-state index contributed by atoms with van der Waals surface area (Å²) < 4.78 is 13.6. The summed E-state index contributed by atoms with van der Waals surface area (Å²) in [6.45, 7) is 1.90. The van der Waals surface area contributed by atoms with E-state index in [9.17, 15) is 19.1 Å². The fraction of sp³-hybridized carbons (Fsp3) is 0.333. The van der Waals surface area contributed by atoms with Gasteiger partial charge in [-0.05, 0) is 41.8 Å². The van der Waals surface area contributed by atoms with Crippen LogP contribution in [0.3, 0.4) is 0 Å². The molecule has 4 rings (SSSR count). The molecular formula is C21H20ClFN2O3. The van der Waals surface area contributed by atoms with Crippen LogP contribution >= 0.6 is 11.6 Å². The zero-order valence-corrected chi connectivity index (χ0v) is 15.9. The van der Waals surface area contributed by atoms with Crippen molar-refractivity contribution in [1.82, 2.24) is 9.80 Å². The molecule has 28 heavy (non-hydrogen) atoms. The molecule has 2 unspecified atom stereocenters. The van der Waals surface area contributed by atoms with Gasteiger partial charge in [0.25, 0.3) is 5.91 Å². The lowest BCUT2D eigenvalue weighted by molar-refractivity contribution is -0.134. The summed E-state index contributed by atoms with van der Waals surface area (Å²) in [5.74, 6) is -0.843. The fourth-order valence-corrected chi connectivity index (χ4v) is 3.59. The number of piperazine rings is 1. The third-order valence-corrected chi connectivity index (χ3v) is 5.64. The normalized spacial score (nSPS) is 21.5. The maximum absolute atomic E-state index is 13.6. The van der Waals surface area contributed by atoms with E-state index in [-0.39, 0.29) is 22.8 Å². The van der Waals surface area contributed by atoms with E-state index in [0.29, 0.717) is 43.7 Å². The van der Waals surface area contributed by atoms with Crippen LogP contribution in [0, 0.1) is 11.7 Å². The second kappa shape index (κ2) is 7.53. The van der Waals surface area contributed by atoms with Gasteiger partial charge in [0.2, 0.25) is 5.91 Å². The van der Waals surface area contributed by atoms with Crippen LogP contribution in [0.15, 0.2) is 42.5 Å². The molecule has 2 aromatic rings. The molecule has 2 aromatic carbocycles. The summed E-state index contributed by atoms with van der Waals surface area (Å²) in [7, 11) is 0. The Kier molecular flexibility index (Phi) is 5.08. The highest BCUT2D eigenvalue weighted by Crippen LogP contribution is 2.32. The maximum Gasteiger partial charge on any atom is 0.253 e. The Morgan fingerprint density at radius 2 is 1.54 bits per heavy atom. The summed E-state index contributed by atoms with van der Waals surface area (Å²) in [6, 6.07) is 11.6. The molecule has 2 atom stereocenters. The molecule has 0 aromatic heterocycles. The maximum atomic E-state index is 13.6. The largest absolute Gasteiger partial charge is 0.392 e. The Morgan fingerprint density at radius 1 is 0.964 bits per heavy atom. The van der Waals surface area contributed by atoms with Gasteiger partial charge in [0.1, 0.15) is 5.82 Å². The molecule has 0 radical (unpaired) electrons. The minimum atomic E-state index is -0.500. The van der Waals surface area contributed by atoms with Gasteiger partial charge in [-0.25, -0.2) is 4.39 Å². The van der Waals surface area contributed by atoms with Crippen LogP contribution in [0.4, 0.5) is 4.39 Å². The summed E-state index contributed by atoms with van der Waals surface area (Å²) >= 11 is 5.72. The van der Waals surface area contributed by atoms with E-state index >= 15 is 0 Å². The van der Waals surface area contributed by atoms with E-state index in [1.54, 1.807) is 40.1 Å². The van der Waals surface area contributed by atoms with E-state index in [0.717, 1.165) is 5.56 Å². The van der Waals surface area contributed by atoms with Crippen molar-refractivity contribution in [2.45, 2.75) is 12.5 Å². The number of aliphatic hydroxyl groups is 1. The number of rotatable bonds is 3. The number of nitrogens with zero attached hydrogens (tertiary/aromatic N) is 2. The van der Waals surface area contributed by atoms with Crippen molar-refractivity contribution >= 4 is 23.4 Å². The van der Waals surface area contributed by atoms with Crippen molar-refractivity contribution in [3.63, 3.8) is 0 Å². The molecule has 2 amide bonds. The zero-order valence-electron chi connectivity index (χ0n) is 15.1. The van der Waals surface area contributed by atoms with Crippen molar-refractivity contribution < 1.29 is 19.1 Å². The first-order valence-electron chi connectivity index (χ1n) is 9.25. The highest BCUT2D eigenvalue weighted by atomic mass is 35.5. The standard InChI is InChI=1S/C21H20ClFN2O3/c22-17-6-5-15(11-18(17)23)13-1-3-14(4-2-13)20(27)24-7-9-25(10-8-24)21(28)16-12-19(16)26/h1-6,11,16,19,26H,7-10,12H2. The summed E-state index contributed by atoms with van der Waals surface area (Å²) in [6.07, 6.45) is 0.0433. The van der Waals surface area contributed by atoms with Crippen molar-refractivity contribution in [3.8, 4) is 11.1 Å². The Bertz CT molecular complexity index is 910. The number of hydrogen-bond donors (Lipinski definition) is 1. The van der Waals surface area contributed by atoms with Crippen molar-refractivity contribution in [1.29, 1.82) is 0 Å². The summed E-state index contributed by atoms with van der Waals surface area (Å²) in [4.78, 5) is 28.3. The number of carbonyl (C=O) groups excluding carboxylic acids is 2. The number of carbonyl (C=O) groups is 2. The molecule has 146 valence electrons. The molecule has 0 spiro atoms. The molecule has 2 fully saturated rings. The number of amides is 2. The second-order valence-electron chi connectivity index (χ2n) is 7.23. The first-order chi connectivity index (χ1) is 13.4. The van der Waals surface area contributed by atoms with E-state index in [1.807, 2.05) is 0 Å². The molecule has 1 N–H and O–H groups in total. The Hall–Kier alpha value is -2.44. The SMILES string of the molecule is O=C(c1ccc(-c2ccc(Cl)c(F)c2)cc1)N1CCN(C(=O)C2CC2O)CC1.